The first-order valence-corrected chi connectivity index (χ1v) is 8.68. The summed E-state index contributed by atoms with van der Waals surface area (Å²) in [6.07, 6.45) is 0. The standard InChI is InChI=1S/C12H12BrNO3S2/c1-2-17-11-6-4-3-5-10(11)14-19(15,16)12-9(13)7-8-18-12/h3-8,14H,2H2,1H3. The van der Waals surface area contributed by atoms with Crippen LogP contribution in [0.2, 0.25) is 0 Å². The molecule has 0 amide bonds. The number of ether oxygens (including phenoxy) is 1. The van der Waals surface area contributed by atoms with E-state index in [1.54, 1.807) is 35.7 Å². The molecule has 1 aromatic heterocycles. The molecule has 1 N–H and O–H groups in total. The van der Waals surface area contributed by atoms with Crippen molar-refractivity contribution in [3.05, 3.63) is 40.2 Å². The number of sulfonamides is 1. The first-order valence-electron chi connectivity index (χ1n) is 5.52. The van der Waals surface area contributed by atoms with E-state index in [0.29, 0.717) is 22.5 Å². The predicted molar refractivity (Wildman–Crippen MR) is 80.4 cm³/mol. The van der Waals surface area contributed by atoms with Gasteiger partial charge in [-0.1, -0.05) is 12.1 Å². The molecule has 0 aliphatic heterocycles. The zero-order valence-electron chi connectivity index (χ0n) is 10.1. The topological polar surface area (TPSA) is 55.4 Å². The molecule has 0 radical (unpaired) electrons. The van der Waals surface area contributed by atoms with Gasteiger partial charge in [0, 0.05) is 4.47 Å². The number of benzene rings is 1. The average molecular weight is 362 g/mol. The number of rotatable bonds is 5. The Balaban J connectivity index is 2.34. The highest BCUT2D eigenvalue weighted by molar-refractivity contribution is 9.10. The van der Waals surface area contributed by atoms with E-state index in [9.17, 15) is 8.42 Å². The third-order valence-electron chi connectivity index (χ3n) is 2.26. The molecule has 0 saturated heterocycles. The van der Waals surface area contributed by atoms with Gasteiger partial charge >= 0.3 is 0 Å². The smallest absolute Gasteiger partial charge is 0.272 e. The number of thiophene rings is 1. The molecule has 0 atom stereocenters. The molecule has 102 valence electrons. The molecule has 1 heterocycles. The number of para-hydroxylation sites is 2. The summed E-state index contributed by atoms with van der Waals surface area (Å²) in [5.74, 6) is 0.515. The molecule has 0 unspecified atom stereocenters. The first-order chi connectivity index (χ1) is 9.04. The third kappa shape index (κ3) is 3.29. The minimum Gasteiger partial charge on any atom is -0.492 e. The Bertz CT molecular complexity index is 667. The lowest BCUT2D eigenvalue weighted by atomic mass is 10.3. The second-order valence-corrected chi connectivity index (χ2v) is 7.24. The maximum absolute atomic E-state index is 12.3. The maximum atomic E-state index is 12.3. The lowest BCUT2D eigenvalue weighted by molar-refractivity contribution is 0.342. The second-order valence-electron chi connectivity index (χ2n) is 3.59. The van der Waals surface area contributed by atoms with Crippen molar-refractivity contribution in [2.75, 3.05) is 11.3 Å². The predicted octanol–water partition coefficient (Wildman–Crippen LogP) is 3.71. The highest BCUT2D eigenvalue weighted by atomic mass is 79.9. The molecule has 0 aliphatic rings. The fourth-order valence-electron chi connectivity index (χ4n) is 1.50. The van der Waals surface area contributed by atoms with Crippen LogP contribution in [0.15, 0.2) is 44.4 Å². The van der Waals surface area contributed by atoms with E-state index < -0.39 is 10.0 Å². The molecule has 0 spiro atoms. The van der Waals surface area contributed by atoms with Crippen molar-refractivity contribution < 1.29 is 13.2 Å². The van der Waals surface area contributed by atoms with Gasteiger partial charge in [-0.15, -0.1) is 11.3 Å². The largest absolute Gasteiger partial charge is 0.492 e. The minimum absolute atomic E-state index is 0.249. The Morgan fingerprint density at radius 2 is 2.05 bits per heavy atom. The summed E-state index contributed by atoms with van der Waals surface area (Å²) in [5.41, 5.74) is 0.435. The maximum Gasteiger partial charge on any atom is 0.272 e. The van der Waals surface area contributed by atoms with Crippen LogP contribution in [0, 0.1) is 0 Å². The van der Waals surface area contributed by atoms with Crippen molar-refractivity contribution in [1.29, 1.82) is 0 Å². The van der Waals surface area contributed by atoms with E-state index in [2.05, 4.69) is 20.7 Å². The van der Waals surface area contributed by atoms with Crippen LogP contribution in [0.1, 0.15) is 6.92 Å². The Hall–Kier alpha value is -1.05. The highest BCUT2D eigenvalue weighted by Crippen LogP contribution is 2.31. The molecule has 2 aromatic rings. The van der Waals surface area contributed by atoms with Crippen molar-refractivity contribution in [1.82, 2.24) is 0 Å². The quantitative estimate of drug-likeness (QED) is 0.882. The van der Waals surface area contributed by atoms with Crippen LogP contribution in [0.4, 0.5) is 5.69 Å². The summed E-state index contributed by atoms with van der Waals surface area (Å²) in [7, 11) is -3.60. The van der Waals surface area contributed by atoms with Gasteiger partial charge in [-0.2, -0.15) is 0 Å². The van der Waals surface area contributed by atoms with Crippen molar-refractivity contribution >= 4 is 43.0 Å². The van der Waals surface area contributed by atoms with Crippen LogP contribution in [0.25, 0.3) is 0 Å². The van der Waals surface area contributed by atoms with Crippen LogP contribution in [-0.2, 0) is 10.0 Å². The van der Waals surface area contributed by atoms with Crippen molar-refractivity contribution in [2.24, 2.45) is 0 Å². The zero-order chi connectivity index (χ0) is 13.9. The van der Waals surface area contributed by atoms with Crippen LogP contribution in [-0.4, -0.2) is 15.0 Å². The average Bonchev–Trinajstić information content (AvgIpc) is 2.79. The van der Waals surface area contributed by atoms with Crippen LogP contribution < -0.4 is 9.46 Å². The minimum atomic E-state index is -3.60. The molecule has 0 bridgehead atoms. The molecule has 0 saturated carbocycles. The molecule has 0 aliphatic carbocycles. The Morgan fingerprint density at radius 1 is 1.32 bits per heavy atom. The van der Waals surface area contributed by atoms with Crippen LogP contribution in [0.3, 0.4) is 0 Å². The van der Waals surface area contributed by atoms with Crippen molar-refractivity contribution in [3.63, 3.8) is 0 Å². The molecular weight excluding hydrogens is 350 g/mol. The van der Waals surface area contributed by atoms with Gasteiger partial charge in [-0.3, -0.25) is 4.72 Å². The lowest BCUT2D eigenvalue weighted by Gasteiger charge is -2.12. The van der Waals surface area contributed by atoms with Crippen LogP contribution in [0.5, 0.6) is 5.75 Å². The monoisotopic (exact) mass is 361 g/mol. The van der Waals surface area contributed by atoms with E-state index in [1.807, 2.05) is 6.92 Å². The Labute approximate surface area is 124 Å². The van der Waals surface area contributed by atoms with E-state index in [4.69, 9.17) is 4.74 Å². The summed E-state index contributed by atoms with van der Waals surface area (Å²) in [5, 5.41) is 1.72. The van der Waals surface area contributed by atoms with E-state index in [0.717, 1.165) is 11.3 Å². The van der Waals surface area contributed by atoms with Gasteiger partial charge < -0.3 is 4.74 Å². The van der Waals surface area contributed by atoms with E-state index >= 15 is 0 Å². The molecule has 4 nitrogen and oxygen atoms in total. The normalized spacial score (nSPS) is 11.3. The molecule has 1 aromatic carbocycles. The molecule has 0 fully saturated rings. The molecule has 2 rings (SSSR count). The van der Waals surface area contributed by atoms with Gasteiger partial charge in [-0.05, 0) is 46.4 Å². The summed E-state index contributed by atoms with van der Waals surface area (Å²) in [6.45, 7) is 2.32. The van der Waals surface area contributed by atoms with Gasteiger partial charge in [0.1, 0.15) is 5.75 Å². The van der Waals surface area contributed by atoms with Gasteiger partial charge in [-0.25, -0.2) is 8.42 Å². The Kier molecular flexibility index (Phi) is 4.49. The summed E-state index contributed by atoms with van der Waals surface area (Å²) < 4.78 is 33.2. The molecular formula is C12H12BrNO3S2. The molecule has 19 heavy (non-hydrogen) atoms. The number of halogens is 1. The van der Waals surface area contributed by atoms with Gasteiger partial charge in [0.25, 0.3) is 10.0 Å². The first kappa shape index (κ1) is 14.4. The molecule has 7 heteroatoms. The lowest BCUT2D eigenvalue weighted by Crippen LogP contribution is -2.13. The summed E-state index contributed by atoms with van der Waals surface area (Å²) >= 11 is 4.38. The second kappa shape index (κ2) is 5.94. The summed E-state index contributed by atoms with van der Waals surface area (Å²) in [6, 6.07) is 8.65. The van der Waals surface area contributed by atoms with Crippen LogP contribution >= 0.6 is 27.3 Å². The van der Waals surface area contributed by atoms with E-state index in [1.165, 1.54) is 0 Å². The fourth-order valence-corrected chi connectivity index (χ4v) is 4.90. The Morgan fingerprint density at radius 3 is 2.68 bits per heavy atom. The van der Waals surface area contributed by atoms with E-state index in [-0.39, 0.29) is 4.21 Å². The zero-order valence-corrected chi connectivity index (χ0v) is 13.3. The number of hydrogen-bond acceptors (Lipinski definition) is 4. The fraction of sp³-hybridized carbons (Fsp3) is 0.167. The van der Waals surface area contributed by atoms with Crippen molar-refractivity contribution in [3.8, 4) is 5.75 Å². The highest BCUT2D eigenvalue weighted by Gasteiger charge is 2.20. The van der Waals surface area contributed by atoms with Gasteiger partial charge in [0.15, 0.2) is 4.21 Å². The van der Waals surface area contributed by atoms with Crippen molar-refractivity contribution in [2.45, 2.75) is 11.1 Å². The van der Waals surface area contributed by atoms with Gasteiger partial charge in [0.2, 0.25) is 0 Å². The number of hydrogen-bond donors (Lipinski definition) is 1. The third-order valence-corrected chi connectivity index (χ3v) is 6.30. The summed E-state index contributed by atoms with van der Waals surface area (Å²) in [4.78, 5) is 0. The van der Waals surface area contributed by atoms with Gasteiger partial charge in [0.05, 0.1) is 12.3 Å². The number of nitrogens with one attached hydrogen (secondary N) is 1. The SMILES string of the molecule is CCOc1ccccc1NS(=O)(=O)c1sccc1Br. The number of anilines is 1.